The van der Waals surface area contributed by atoms with Crippen molar-refractivity contribution in [1.82, 2.24) is 14.5 Å². The highest BCUT2D eigenvalue weighted by atomic mass is 35.5. The number of thioether (sulfide) groups is 1. The van der Waals surface area contributed by atoms with Crippen LogP contribution in [0.3, 0.4) is 0 Å². The lowest BCUT2D eigenvalue weighted by Gasteiger charge is -2.08. The van der Waals surface area contributed by atoms with Gasteiger partial charge in [-0.3, -0.25) is 4.79 Å². The Bertz CT molecular complexity index is 1560. The van der Waals surface area contributed by atoms with Crippen LogP contribution < -0.4 is 10.3 Å². The molecule has 5 nitrogen and oxygen atoms in total. The van der Waals surface area contributed by atoms with Crippen molar-refractivity contribution >= 4 is 34.3 Å². The summed E-state index contributed by atoms with van der Waals surface area (Å²) in [6.45, 7) is 1.95. The van der Waals surface area contributed by atoms with E-state index >= 15 is 0 Å². The highest BCUT2D eigenvalue weighted by molar-refractivity contribution is 7.98. The van der Waals surface area contributed by atoms with Gasteiger partial charge < -0.3 is 14.3 Å². The molecule has 0 radical (unpaired) electrons. The van der Waals surface area contributed by atoms with Gasteiger partial charge >= 0.3 is 0 Å². The fourth-order valence-corrected chi connectivity index (χ4v) is 4.84. The van der Waals surface area contributed by atoms with E-state index in [0.29, 0.717) is 22.9 Å². The summed E-state index contributed by atoms with van der Waals surface area (Å²) in [4.78, 5) is 20.1. The van der Waals surface area contributed by atoms with E-state index in [2.05, 4.69) is 32.7 Å². The summed E-state index contributed by atoms with van der Waals surface area (Å²) in [7, 11) is 2.02. The average molecular weight is 502 g/mol. The summed E-state index contributed by atoms with van der Waals surface area (Å²) in [6.07, 6.45) is 2.22. The van der Waals surface area contributed by atoms with E-state index < -0.39 is 0 Å². The van der Waals surface area contributed by atoms with Crippen molar-refractivity contribution in [3.63, 3.8) is 0 Å². The van der Waals surface area contributed by atoms with Crippen molar-refractivity contribution in [3.05, 3.63) is 117 Å². The minimum absolute atomic E-state index is 0.102. The maximum atomic E-state index is 12.7. The third-order valence-corrected chi connectivity index (χ3v) is 7.32. The Balaban J connectivity index is 1.21. The molecule has 0 fully saturated rings. The van der Waals surface area contributed by atoms with Gasteiger partial charge in [0.1, 0.15) is 11.5 Å². The number of halogens is 1. The summed E-state index contributed by atoms with van der Waals surface area (Å²) < 4.78 is 8.03. The number of hydrogen-bond acceptors (Lipinski definition) is 4. The van der Waals surface area contributed by atoms with Crippen molar-refractivity contribution in [2.24, 2.45) is 7.05 Å². The van der Waals surface area contributed by atoms with Gasteiger partial charge in [0.05, 0.1) is 0 Å². The molecule has 2 aromatic heterocycles. The van der Waals surface area contributed by atoms with Crippen LogP contribution in [0.15, 0.2) is 88.9 Å². The van der Waals surface area contributed by atoms with E-state index in [0.717, 1.165) is 38.9 Å². The quantitative estimate of drug-likeness (QED) is 0.195. The van der Waals surface area contributed by atoms with E-state index in [-0.39, 0.29) is 5.56 Å². The number of aromatic amines is 1. The molecule has 0 spiro atoms. The van der Waals surface area contributed by atoms with Crippen LogP contribution in [-0.4, -0.2) is 14.5 Å². The zero-order valence-corrected chi connectivity index (χ0v) is 21.0. The number of fused-ring (bicyclic) bond motifs is 1. The number of aryl methyl sites for hydroxylation is 2. The Morgan fingerprint density at radius 2 is 1.80 bits per heavy atom. The Hall–Kier alpha value is -3.48. The molecular formula is C28H24ClN3O2S. The minimum atomic E-state index is -0.102. The molecule has 0 saturated carbocycles. The zero-order chi connectivity index (χ0) is 24.4. The van der Waals surface area contributed by atoms with Crippen molar-refractivity contribution in [2.45, 2.75) is 24.3 Å². The van der Waals surface area contributed by atoms with Crippen LogP contribution >= 0.6 is 23.4 Å². The standard InChI is InChI=1S/C28H24ClN3O2S/c1-18-13-24(11-12-25(18)29)34-23-9-7-19(8-10-23)17-35-28-30-16-21(27(33)31-28)15-22-14-20-5-3-4-6-26(20)32(22)2/h3-14,16H,15,17H2,1-2H3,(H,30,31,33). The van der Waals surface area contributed by atoms with Gasteiger partial charge in [-0.2, -0.15) is 0 Å². The molecule has 0 aliphatic heterocycles. The molecule has 0 saturated heterocycles. The van der Waals surface area contributed by atoms with Crippen LogP contribution in [0.25, 0.3) is 10.9 Å². The number of benzene rings is 3. The topological polar surface area (TPSA) is 59.9 Å². The van der Waals surface area contributed by atoms with Gasteiger partial charge in [0.2, 0.25) is 0 Å². The number of H-pyrrole nitrogens is 1. The normalized spacial score (nSPS) is 11.2. The number of para-hydroxylation sites is 1. The van der Waals surface area contributed by atoms with Gasteiger partial charge in [-0.15, -0.1) is 0 Å². The smallest absolute Gasteiger partial charge is 0.255 e. The lowest BCUT2D eigenvalue weighted by atomic mass is 10.2. The molecule has 35 heavy (non-hydrogen) atoms. The Morgan fingerprint density at radius 3 is 2.54 bits per heavy atom. The van der Waals surface area contributed by atoms with E-state index in [9.17, 15) is 4.79 Å². The lowest BCUT2D eigenvalue weighted by molar-refractivity contribution is 0.482. The summed E-state index contributed by atoms with van der Waals surface area (Å²) >= 11 is 7.58. The van der Waals surface area contributed by atoms with Crippen LogP contribution in [-0.2, 0) is 19.2 Å². The molecule has 5 rings (SSSR count). The molecule has 5 aromatic rings. The van der Waals surface area contributed by atoms with Gasteiger partial charge in [0.15, 0.2) is 5.16 Å². The first kappa shape index (κ1) is 23.3. The number of rotatable bonds is 7. The first-order valence-electron chi connectivity index (χ1n) is 11.2. The molecule has 0 aliphatic rings. The third-order valence-electron chi connectivity index (χ3n) is 5.94. The van der Waals surface area contributed by atoms with Gasteiger partial charge in [0.25, 0.3) is 5.56 Å². The fourth-order valence-electron chi connectivity index (χ4n) is 3.94. The van der Waals surface area contributed by atoms with E-state index in [1.807, 2.05) is 68.6 Å². The Kier molecular flexibility index (Phi) is 6.66. The van der Waals surface area contributed by atoms with Crippen LogP contribution in [0.1, 0.15) is 22.4 Å². The number of hydrogen-bond donors (Lipinski definition) is 1. The Morgan fingerprint density at radius 1 is 1.03 bits per heavy atom. The summed E-state index contributed by atoms with van der Waals surface area (Å²) in [6, 6.07) is 23.8. The molecule has 3 aromatic carbocycles. The molecular weight excluding hydrogens is 478 g/mol. The largest absolute Gasteiger partial charge is 0.457 e. The SMILES string of the molecule is Cc1cc(Oc2ccc(CSc3ncc(Cc4cc5ccccc5n4C)c(=O)[nH]3)cc2)ccc1Cl. The number of aromatic nitrogens is 3. The van der Waals surface area contributed by atoms with Crippen LogP contribution in [0, 0.1) is 6.92 Å². The maximum Gasteiger partial charge on any atom is 0.255 e. The van der Waals surface area contributed by atoms with Crippen molar-refractivity contribution in [3.8, 4) is 11.5 Å². The lowest BCUT2D eigenvalue weighted by Crippen LogP contribution is -2.15. The second-order valence-electron chi connectivity index (χ2n) is 8.42. The zero-order valence-electron chi connectivity index (χ0n) is 19.4. The van der Waals surface area contributed by atoms with Gasteiger partial charge in [0, 0.05) is 47.2 Å². The van der Waals surface area contributed by atoms with Crippen molar-refractivity contribution in [2.75, 3.05) is 0 Å². The monoisotopic (exact) mass is 501 g/mol. The first-order chi connectivity index (χ1) is 17.0. The molecule has 0 atom stereocenters. The molecule has 7 heteroatoms. The second kappa shape index (κ2) is 10.0. The summed E-state index contributed by atoms with van der Waals surface area (Å²) in [5, 5.41) is 2.49. The third kappa shape index (κ3) is 5.29. The van der Waals surface area contributed by atoms with Crippen LogP contribution in [0.5, 0.6) is 11.5 Å². The summed E-state index contributed by atoms with van der Waals surface area (Å²) in [5.74, 6) is 2.19. The number of nitrogens with one attached hydrogen (secondary N) is 1. The molecule has 0 aliphatic carbocycles. The van der Waals surface area contributed by atoms with Gasteiger partial charge in [-0.1, -0.05) is 53.7 Å². The predicted octanol–water partition coefficient (Wildman–Crippen LogP) is 6.90. The fraction of sp³-hybridized carbons (Fsp3) is 0.143. The van der Waals surface area contributed by atoms with E-state index in [1.165, 1.54) is 17.1 Å². The highest BCUT2D eigenvalue weighted by Crippen LogP contribution is 2.27. The van der Waals surface area contributed by atoms with E-state index in [4.69, 9.17) is 16.3 Å². The molecule has 2 heterocycles. The predicted molar refractivity (Wildman–Crippen MR) is 143 cm³/mol. The van der Waals surface area contributed by atoms with Crippen molar-refractivity contribution in [1.29, 1.82) is 0 Å². The number of nitrogens with zero attached hydrogens (tertiary/aromatic N) is 2. The molecule has 0 unspecified atom stereocenters. The number of ether oxygens (including phenoxy) is 1. The molecule has 176 valence electrons. The molecule has 0 bridgehead atoms. The first-order valence-corrected chi connectivity index (χ1v) is 12.6. The molecule has 0 amide bonds. The molecule has 1 N–H and O–H groups in total. The van der Waals surface area contributed by atoms with E-state index in [1.54, 1.807) is 6.20 Å². The highest BCUT2D eigenvalue weighted by Gasteiger charge is 2.10. The van der Waals surface area contributed by atoms with Crippen LogP contribution in [0.2, 0.25) is 5.02 Å². The minimum Gasteiger partial charge on any atom is -0.457 e. The van der Waals surface area contributed by atoms with Gasteiger partial charge in [-0.05, 0) is 65.9 Å². The Labute approximate surface area is 212 Å². The summed E-state index contributed by atoms with van der Waals surface area (Å²) in [5.41, 5.74) is 4.86. The maximum absolute atomic E-state index is 12.7. The second-order valence-corrected chi connectivity index (χ2v) is 9.79. The van der Waals surface area contributed by atoms with Gasteiger partial charge in [-0.25, -0.2) is 4.98 Å². The average Bonchev–Trinajstić information content (AvgIpc) is 3.18. The van der Waals surface area contributed by atoms with Crippen molar-refractivity contribution < 1.29 is 4.74 Å². The van der Waals surface area contributed by atoms with Crippen LogP contribution in [0.4, 0.5) is 0 Å².